The van der Waals surface area contributed by atoms with Gasteiger partial charge in [0.15, 0.2) is 0 Å². The van der Waals surface area contributed by atoms with Crippen LogP contribution in [0, 0.1) is 0 Å². The highest BCUT2D eigenvalue weighted by molar-refractivity contribution is 5.80. The summed E-state index contributed by atoms with van der Waals surface area (Å²) in [5.41, 5.74) is 0. The van der Waals surface area contributed by atoms with Crippen molar-refractivity contribution in [1.82, 2.24) is 5.32 Å². The lowest BCUT2D eigenvalue weighted by Crippen LogP contribution is -2.53. The minimum atomic E-state index is -1.30. The first kappa shape index (κ1) is 62.0. The number of hydrogen-bond donors (Lipinski definition) is 5. The summed E-state index contributed by atoms with van der Waals surface area (Å²) in [7, 11) is 0. The average Bonchev–Trinajstić information content (AvgIpc) is 3.30. The van der Waals surface area contributed by atoms with Crippen molar-refractivity contribution in [2.75, 3.05) is 6.61 Å². The summed E-state index contributed by atoms with van der Waals surface area (Å²) in [6.45, 7) is 4.02. The predicted molar refractivity (Wildman–Crippen MR) is 279 cm³/mol. The first-order valence-corrected chi connectivity index (χ1v) is 27.7. The van der Waals surface area contributed by atoms with Crippen LogP contribution >= 0.6 is 0 Å². The van der Waals surface area contributed by atoms with E-state index in [1.165, 1.54) is 167 Å². The summed E-state index contributed by atoms with van der Waals surface area (Å²) < 4.78 is 0. The molecule has 0 bridgehead atoms. The van der Waals surface area contributed by atoms with Gasteiger partial charge in [0.1, 0.15) is 12.2 Å². The summed E-state index contributed by atoms with van der Waals surface area (Å²) in [4.78, 5) is 12.5. The van der Waals surface area contributed by atoms with Crippen LogP contribution in [0.1, 0.15) is 271 Å². The van der Waals surface area contributed by atoms with Gasteiger partial charge in [0.05, 0.1) is 18.8 Å². The van der Waals surface area contributed by atoms with Crippen molar-refractivity contribution >= 4 is 5.91 Å². The van der Waals surface area contributed by atoms with Gasteiger partial charge in [0.2, 0.25) is 5.91 Å². The lowest BCUT2D eigenvalue weighted by Gasteiger charge is -2.27. The number of aliphatic hydroxyl groups is 4. The van der Waals surface area contributed by atoms with Crippen LogP contribution in [0.4, 0.5) is 0 Å². The number of nitrogens with one attached hydrogen (secondary N) is 1. The quantitative estimate of drug-likeness (QED) is 0.0309. The molecular formula is C58H107NO5. The fraction of sp³-hybridized carbons (Fsp3) is 0.810. The molecule has 374 valence electrons. The van der Waals surface area contributed by atoms with Crippen molar-refractivity contribution in [3.05, 3.63) is 60.8 Å². The van der Waals surface area contributed by atoms with Crippen molar-refractivity contribution in [3.63, 3.8) is 0 Å². The molecule has 0 saturated heterocycles. The van der Waals surface area contributed by atoms with E-state index in [2.05, 4.69) is 79.9 Å². The minimum absolute atomic E-state index is 0.344. The molecule has 0 radical (unpaired) electrons. The van der Waals surface area contributed by atoms with Crippen LogP contribution in [0.3, 0.4) is 0 Å². The van der Waals surface area contributed by atoms with Gasteiger partial charge in [-0.2, -0.15) is 0 Å². The van der Waals surface area contributed by atoms with Gasteiger partial charge < -0.3 is 25.7 Å². The molecule has 0 saturated carbocycles. The van der Waals surface area contributed by atoms with Gasteiger partial charge in [-0.15, -0.1) is 0 Å². The molecule has 5 N–H and O–H groups in total. The number of allylic oxidation sites excluding steroid dienone is 10. The SMILES string of the molecule is CCCCC/C=C\C/C=C\CCCCCCCCC(O)C(=O)NC(CO)C(O)C(O)CCC/C=C/CC/C=C/CC/C=C/CCCCCCCCCCCCCCCCCCCCC. The van der Waals surface area contributed by atoms with E-state index in [9.17, 15) is 25.2 Å². The highest BCUT2D eigenvalue weighted by atomic mass is 16.3. The molecule has 6 nitrogen and oxygen atoms in total. The Bertz CT molecular complexity index is 1100. The Morgan fingerprint density at radius 3 is 1.11 bits per heavy atom. The Labute approximate surface area is 397 Å². The van der Waals surface area contributed by atoms with Crippen LogP contribution < -0.4 is 5.32 Å². The van der Waals surface area contributed by atoms with Crippen LogP contribution in [0.2, 0.25) is 0 Å². The van der Waals surface area contributed by atoms with Gasteiger partial charge in [0.25, 0.3) is 0 Å². The minimum Gasteiger partial charge on any atom is -0.394 e. The van der Waals surface area contributed by atoms with Crippen molar-refractivity contribution in [3.8, 4) is 0 Å². The number of carbonyl (C=O) groups is 1. The van der Waals surface area contributed by atoms with E-state index in [4.69, 9.17) is 0 Å². The zero-order valence-electron chi connectivity index (χ0n) is 42.3. The van der Waals surface area contributed by atoms with Crippen LogP contribution in [0.25, 0.3) is 0 Å². The maximum atomic E-state index is 12.5. The fourth-order valence-electron chi connectivity index (χ4n) is 8.29. The van der Waals surface area contributed by atoms with Gasteiger partial charge in [-0.3, -0.25) is 4.79 Å². The second kappa shape index (κ2) is 52.0. The normalized spacial score (nSPS) is 14.3. The molecule has 6 heteroatoms. The van der Waals surface area contributed by atoms with E-state index in [-0.39, 0.29) is 0 Å². The van der Waals surface area contributed by atoms with Crippen molar-refractivity contribution in [2.24, 2.45) is 0 Å². The third kappa shape index (κ3) is 45.2. The van der Waals surface area contributed by atoms with Crippen LogP contribution in [0.15, 0.2) is 60.8 Å². The van der Waals surface area contributed by atoms with Gasteiger partial charge in [-0.05, 0) is 96.3 Å². The number of aliphatic hydroxyl groups excluding tert-OH is 4. The highest BCUT2D eigenvalue weighted by Crippen LogP contribution is 2.16. The van der Waals surface area contributed by atoms with Crippen LogP contribution in [-0.2, 0) is 4.79 Å². The number of carbonyl (C=O) groups excluding carboxylic acids is 1. The van der Waals surface area contributed by atoms with Crippen LogP contribution in [-0.4, -0.2) is 57.3 Å². The van der Waals surface area contributed by atoms with E-state index >= 15 is 0 Å². The van der Waals surface area contributed by atoms with Gasteiger partial charge in [-0.1, -0.05) is 235 Å². The Morgan fingerprint density at radius 1 is 0.391 bits per heavy atom. The summed E-state index contributed by atoms with van der Waals surface area (Å²) in [6.07, 6.45) is 67.2. The molecule has 0 heterocycles. The largest absolute Gasteiger partial charge is 0.394 e. The molecule has 64 heavy (non-hydrogen) atoms. The molecule has 0 rings (SSSR count). The van der Waals surface area contributed by atoms with E-state index in [0.717, 1.165) is 70.6 Å². The van der Waals surface area contributed by atoms with Crippen molar-refractivity contribution in [2.45, 2.75) is 295 Å². The first-order valence-electron chi connectivity index (χ1n) is 27.7. The number of hydrogen-bond acceptors (Lipinski definition) is 5. The van der Waals surface area contributed by atoms with Gasteiger partial charge in [0, 0.05) is 0 Å². The van der Waals surface area contributed by atoms with Crippen molar-refractivity contribution in [1.29, 1.82) is 0 Å². The molecule has 4 atom stereocenters. The molecule has 4 unspecified atom stereocenters. The summed E-state index contributed by atoms with van der Waals surface area (Å²) in [5, 5.41) is 43.8. The average molecular weight is 898 g/mol. The molecule has 0 aromatic heterocycles. The van der Waals surface area contributed by atoms with E-state index < -0.39 is 36.9 Å². The maximum Gasteiger partial charge on any atom is 0.249 e. The van der Waals surface area contributed by atoms with Crippen molar-refractivity contribution < 1.29 is 25.2 Å². The lowest BCUT2D eigenvalue weighted by molar-refractivity contribution is -0.132. The topological polar surface area (TPSA) is 110 Å². The van der Waals surface area contributed by atoms with E-state index in [0.29, 0.717) is 19.3 Å². The maximum absolute atomic E-state index is 12.5. The molecular weight excluding hydrogens is 791 g/mol. The highest BCUT2D eigenvalue weighted by Gasteiger charge is 2.28. The summed E-state index contributed by atoms with van der Waals surface area (Å²) in [5.74, 6) is -0.609. The molecule has 0 aromatic carbocycles. The number of rotatable bonds is 50. The number of amides is 1. The monoisotopic (exact) mass is 898 g/mol. The van der Waals surface area contributed by atoms with E-state index in [1.807, 2.05) is 0 Å². The zero-order valence-corrected chi connectivity index (χ0v) is 42.3. The molecule has 0 aliphatic carbocycles. The zero-order chi connectivity index (χ0) is 46.7. The molecule has 0 spiro atoms. The standard InChI is InChI=1S/C58H107NO5/c1-3-5-7-9-11-13-15-17-19-21-22-23-24-25-26-27-28-29-30-31-32-33-34-35-36-38-39-41-43-45-47-49-51-55(61)57(63)54(53-60)59-58(64)56(62)52-50-48-46-44-42-40-37-20-18-16-14-12-10-8-6-4-2/h12,14,18,20,32-33,36,38,43,45,54-57,60-63H,3-11,13,15-17,19,21-31,34-35,37,39-42,44,46-53H2,1-2H3,(H,59,64)/b14-12-,20-18-,33-32+,38-36+,45-43+. The second-order valence-electron chi connectivity index (χ2n) is 18.9. The molecule has 0 aliphatic heterocycles. The Kier molecular flexibility index (Phi) is 50.4. The molecule has 1 amide bonds. The molecule has 0 aromatic rings. The summed E-state index contributed by atoms with van der Waals surface area (Å²) in [6, 6.07) is -1.02. The Morgan fingerprint density at radius 2 is 0.703 bits per heavy atom. The van der Waals surface area contributed by atoms with Gasteiger partial charge >= 0.3 is 0 Å². The molecule has 0 aliphatic rings. The fourth-order valence-corrected chi connectivity index (χ4v) is 8.29. The lowest BCUT2D eigenvalue weighted by atomic mass is 10.00. The third-order valence-electron chi connectivity index (χ3n) is 12.7. The van der Waals surface area contributed by atoms with E-state index in [1.54, 1.807) is 0 Å². The smallest absolute Gasteiger partial charge is 0.249 e. The number of unbranched alkanes of at least 4 members (excludes halogenated alkanes) is 31. The predicted octanol–water partition coefficient (Wildman–Crippen LogP) is 16.0. The third-order valence-corrected chi connectivity index (χ3v) is 12.7. The molecule has 0 fully saturated rings. The first-order chi connectivity index (χ1) is 31.5. The summed E-state index contributed by atoms with van der Waals surface area (Å²) >= 11 is 0. The van der Waals surface area contributed by atoms with Gasteiger partial charge in [-0.25, -0.2) is 0 Å². The van der Waals surface area contributed by atoms with Crippen LogP contribution in [0.5, 0.6) is 0 Å². The Balaban J connectivity index is 3.71. The second-order valence-corrected chi connectivity index (χ2v) is 18.9. The Hall–Kier alpha value is -1.99.